The quantitative estimate of drug-likeness (QED) is 0.0430. The standard InChI is InChI=1S/C55H83FO4S4/c1-13-23-26-36(18-6)33-58-45-39-31-41(61-47(39)46(59-34-37(19-7)27-24-14-2)40-32-42(62-48(40)45)54(11,21-9)29-16-4)49-43-44(56)51(53(57)60-35-38(20-8)28-25-15-3)63-50(43)52(64-49)55(12,22-10)30-17-5/h31-32,36-38H,13-30,33-35H2,1-12H3. The van der Waals surface area contributed by atoms with Crippen molar-refractivity contribution in [3.63, 3.8) is 0 Å². The molecule has 5 rings (SSSR count). The summed E-state index contributed by atoms with van der Waals surface area (Å²) in [6, 6.07) is 4.71. The van der Waals surface area contributed by atoms with Gasteiger partial charge in [0.05, 0.1) is 38.8 Å². The Hall–Kier alpha value is -2.20. The van der Waals surface area contributed by atoms with E-state index in [4.69, 9.17) is 14.2 Å². The van der Waals surface area contributed by atoms with Crippen LogP contribution in [0, 0.1) is 23.6 Å². The molecular formula is C55H83FO4S4. The molecule has 9 heteroatoms. The molecular weight excluding hydrogens is 872 g/mol. The Morgan fingerprint density at radius 1 is 0.609 bits per heavy atom. The topological polar surface area (TPSA) is 44.8 Å². The van der Waals surface area contributed by atoms with Gasteiger partial charge in [-0.3, -0.25) is 0 Å². The first-order valence-electron chi connectivity index (χ1n) is 25.6. The minimum absolute atomic E-state index is 0.0530. The summed E-state index contributed by atoms with van der Waals surface area (Å²) in [6.45, 7) is 28.9. The number of hydrogen-bond donors (Lipinski definition) is 0. The normalized spacial score (nSPS) is 15.5. The maximum absolute atomic E-state index is 17.3. The number of carbonyl (C=O) groups excluding carboxylic acids is 1. The Bertz CT molecular complexity index is 2150. The number of carbonyl (C=O) groups is 1. The third-order valence-electron chi connectivity index (χ3n) is 14.6. The molecule has 0 aliphatic rings. The number of ether oxygens (including phenoxy) is 3. The Labute approximate surface area is 403 Å². The molecule has 4 nitrogen and oxygen atoms in total. The van der Waals surface area contributed by atoms with Crippen LogP contribution in [-0.2, 0) is 15.6 Å². The lowest BCUT2D eigenvalue weighted by molar-refractivity contribution is 0.0429. The zero-order valence-electron chi connectivity index (χ0n) is 41.9. The van der Waals surface area contributed by atoms with Crippen molar-refractivity contribution in [1.82, 2.24) is 0 Å². The van der Waals surface area contributed by atoms with Gasteiger partial charge < -0.3 is 14.2 Å². The Morgan fingerprint density at radius 3 is 1.61 bits per heavy atom. The van der Waals surface area contributed by atoms with Gasteiger partial charge in [-0.05, 0) is 74.8 Å². The summed E-state index contributed by atoms with van der Waals surface area (Å²) in [5.41, 5.74) is -0.108. The van der Waals surface area contributed by atoms with E-state index in [1.54, 1.807) is 22.7 Å². The van der Waals surface area contributed by atoms with Crippen LogP contribution in [0.2, 0.25) is 0 Å². The van der Waals surface area contributed by atoms with Crippen molar-refractivity contribution < 1.29 is 23.4 Å². The molecule has 0 spiro atoms. The third-order valence-corrected chi connectivity index (χ3v) is 20.1. The van der Waals surface area contributed by atoms with Crippen molar-refractivity contribution >= 4 is 81.6 Å². The first kappa shape index (κ1) is 52.8. The Kier molecular flexibility index (Phi) is 20.4. The average molecular weight is 956 g/mol. The first-order valence-corrected chi connectivity index (χ1v) is 28.8. The molecule has 0 aliphatic heterocycles. The van der Waals surface area contributed by atoms with Crippen molar-refractivity contribution in [3.8, 4) is 21.3 Å². The fourth-order valence-electron chi connectivity index (χ4n) is 9.46. The number of halogens is 1. The van der Waals surface area contributed by atoms with E-state index in [9.17, 15) is 4.79 Å². The van der Waals surface area contributed by atoms with Crippen LogP contribution in [0.15, 0.2) is 12.1 Å². The van der Waals surface area contributed by atoms with Gasteiger partial charge in [0, 0.05) is 41.6 Å². The zero-order chi connectivity index (χ0) is 46.6. The molecule has 0 amide bonds. The fourth-order valence-corrected chi connectivity index (χ4v) is 15.1. The summed E-state index contributed by atoms with van der Waals surface area (Å²) < 4.78 is 40.8. The lowest BCUT2D eigenvalue weighted by atomic mass is 9.81. The van der Waals surface area contributed by atoms with Gasteiger partial charge >= 0.3 is 5.97 Å². The van der Waals surface area contributed by atoms with Gasteiger partial charge in [0.25, 0.3) is 0 Å². The molecule has 0 bridgehead atoms. The first-order chi connectivity index (χ1) is 30.8. The number of rotatable bonds is 30. The van der Waals surface area contributed by atoms with Gasteiger partial charge in [-0.1, -0.05) is 154 Å². The molecule has 1 aromatic carbocycles. The maximum Gasteiger partial charge on any atom is 0.351 e. The van der Waals surface area contributed by atoms with Crippen molar-refractivity contribution in [2.45, 2.75) is 209 Å². The van der Waals surface area contributed by atoms with Crippen LogP contribution < -0.4 is 9.47 Å². The highest BCUT2D eigenvalue weighted by Crippen LogP contribution is 2.57. The van der Waals surface area contributed by atoms with E-state index in [0.717, 1.165) is 131 Å². The largest absolute Gasteiger partial charge is 0.491 e. The summed E-state index contributed by atoms with van der Waals surface area (Å²) in [6.07, 6.45) is 19.6. The number of fused-ring (bicyclic) bond motifs is 3. The summed E-state index contributed by atoms with van der Waals surface area (Å²) in [7, 11) is 0. The molecule has 4 aromatic heterocycles. The minimum Gasteiger partial charge on any atom is -0.491 e. The zero-order valence-corrected chi connectivity index (χ0v) is 45.1. The van der Waals surface area contributed by atoms with Crippen molar-refractivity contribution in [3.05, 3.63) is 32.6 Å². The summed E-state index contributed by atoms with van der Waals surface area (Å²) in [4.78, 5) is 18.5. The number of thiophene rings is 4. The van der Waals surface area contributed by atoms with Crippen LogP contribution in [0.25, 0.3) is 40.0 Å². The second-order valence-corrected chi connectivity index (χ2v) is 23.5. The molecule has 0 saturated heterocycles. The van der Waals surface area contributed by atoms with Crippen LogP contribution in [-0.4, -0.2) is 25.8 Å². The average Bonchev–Trinajstić information content (AvgIpc) is 4.10. The molecule has 5 atom stereocenters. The van der Waals surface area contributed by atoms with E-state index in [1.807, 2.05) is 11.3 Å². The molecule has 358 valence electrons. The smallest absolute Gasteiger partial charge is 0.351 e. The van der Waals surface area contributed by atoms with E-state index in [2.05, 4.69) is 95.2 Å². The van der Waals surface area contributed by atoms with Gasteiger partial charge in [0.2, 0.25) is 0 Å². The van der Waals surface area contributed by atoms with Gasteiger partial charge in [0.1, 0.15) is 16.4 Å². The Morgan fingerprint density at radius 2 is 1.11 bits per heavy atom. The molecule has 0 N–H and O–H groups in total. The minimum atomic E-state index is -0.535. The molecule has 64 heavy (non-hydrogen) atoms. The van der Waals surface area contributed by atoms with Gasteiger partial charge in [-0.2, -0.15) is 0 Å². The highest BCUT2D eigenvalue weighted by molar-refractivity contribution is 7.30. The molecule has 0 fully saturated rings. The van der Waals surface area contributed by atoms with Gasteiger partial charge in [-0.25, -0.2) is 9.18 Å². The van der Waals surface area contributed by atoms with E-state index < -0.39 is 11.8 Å². The fraction of sp³-hybridized carbons (Fsp3) is 0.691. The lowest BCUT2D eigenvalue weighted by Gasteiger charge is -2.26. The van der Waals surface area contributed by atoms with Crippen molar-refractivity contribution in [1.29, 1.82) is 0 Å². The molecule has 0 radical (unpaired) electrons. The monoisotopic (exact) mass is 955 g/mol. The second kappa shape index (κ2) is 24.7. The predicted octanol–water partition coefficient (Wildman–Crippen LogP) is 19.7. The van der Waals surface area contributed by atoms with Crippen LogP contribution in [0.5, 0.6) is 11.5 Å². The molecule has 0 aliphatic carbocycles. The SMILES string of the molecule is CCCCC(CC)COC(=O)c1sc2c(C(C)(CC)CCC)sc(-c3cc4c(OCC(CC)CCCC)c5sc(C(C)(CC)CCC)cc5c(OCC(CC)CCCC)c4s3)c2c1F. The summed E-state index contributed by atoms with van der Waals surface area (Å²) >= 11 is 6.64. The highest BCUT2D eigenvalue weighted by Gasteiger charge is 2.36. The van der Waals surface area contributed by atoms with Crippen molar-refractivity contribution in [2.24, 2.45) is 17.8 Å². The number of esters is 1. The number of unbranched alkanes of at least 4 members (excludes halogenated alkanes) is 3. The predicted molar refractivity (Wildman–Crippen MR) is 282 cm³/mol. The van der Waals surface area contributed by atoms with E-state index in [1.165, 1.54) is 51.5 Å². The summed E-state index contributed by atoms with van der Waals surface area (Å²) in [5.74, 6) is 2.13. The highest BCUT2D eigenvalue weighted by atomic mass is 32.1. The van der Waals surface area contributed by atoms with Crippen LogP contribution in [0.4, 0.5) is 4.39 Å². The van der Waals surface area contributed by atoms with Crippen LogP contribution in [0.1, 0.15) is 218 Å². The number of hydrogen-bond acceptors (Lipinski definition) is 8. The van der Waals surface area contributed by atoms with Crippen LogP contribution in [0.3, 0.4) is 0 Å². The van der Waals surface area contributed by atoms with E-state index in [-0.39, 0.29) is 21.6 Å². The molecule has 5 aromatic rings. The summed E-state index contributed by atoms with van der Waals surface area (Å²) in [5, 5.41) is 2.77. The molecule has 0 saturated carbocycles. The van der Waals surface area contributed by atoms with Crippen LogP contribution >= 0.6 is 45.3 Å². The Balaban J connectivity index is 1.79. The van der Waals surface area contributed by atoms with Crippen molar-refractivity contribution in [2.75, 3.05) is 19.8 Å². The van der Waals surface area contributed by atoms with Gasteiger partial charge in [-0.15, -0.1) is 45.3 Å². The molecule has 5 unspecified atom stereocenters. The lowest BCUT2D eigenvalue weighted by Crippen LogP contribution is -2.18. The van der Waals surface area contributed by atoms with E-state index >= 15 is 4.39 Å². The second-order valence-electron chi connectivity index (χ2n) is 19.4. The molecule has 4 heterocycles. The maximum atomic E-state index is 17.3. The van der Waals surface area contributed by atoms with E-state index in [0.29, 0.717) is 37.0 Å². The third kappa shape index (κ3) is 11.7. The number of benzene rings is 1. The van der Waals surface area contributed by atoms with Gasteiger partial charge in [0.15, 0.2) is 5.82 Å².